The predicted molar refractivity (Wildman–Crippen MR) is 107 cm³/mol. The maximum absolute atomic E-state index is 13.3. The molecule has 0 aliphatic heterocycles. The molecule has 3 rings (SSSR count). The van der Waals surface area contributed by atoms with Crippen molar-refractivity contribution in [1.29, 1.82) is 0 Å². The van der Waals surface area contributed by atoms with Crippen molar-refractivity contribution >= 4 is 33.9 Å². The third-order valence-electron chi connectivity index (χ3n) is 4.18. The molecule has 2 aromatic carbocycles. The molecule has 0 fully saturated rings. The number of methoxy groups -OCH3 is 1. The number of carbonyl (C=O) groups excluding carboxylic acids is 2. The SMILES string of the molecule is COC(=O)c1c(NC(=O)c2ccccc2[N+](=O)[O-])sc(C)c1-c1ccc(F)cc1. The summed E-state index contributed by atoms with van der Waals surface area (Å²) in [6.45, 7) is 1.75. The highest BCUT2D eigenvalue weighted by Crippen LogP contribution is 2.40. The number of anilines is 1. The van der Waals surface area contributed by atoms with Crippen molar-refractivity contribution in [2.75, 3.05) is 12.4 Å². The Bertz CT molecular complexity index is 1110. The van der Waals surface area contributed by atoms with Crippen LogP contribution in [0.1, 0.15) is 25.6 Å². The van der Waals surface area contributed by atoms with Crippen molar-refractivity contribution in [3.05, 3.63) is 80.5 Å². The van der Waals surface area contributed by atoms with Gasteiger partial charge in [-0.1, -0.05) is 24.3 Å². The molecule has 0 radical (unpaired) electrons. The number of amides is 1. The molecule has 1 heterocycles. The van der Waals surface area contributed by atoms with E-state index in [4.69, 9.17) is 4.74 Å². The van der Waals surface area contributed by atoms with Crippen LogP contribution in [0.25, 0.3) is 11.1 Å². The van der Waals surface area contributed by atoms with Gasteiger partial charge in [0.1, 0.15) is 21.9 Å². The third-order valence-corrected chi connectivity index (χ3v) is 5.20. The highest BCUT2D eigenvalue weighted by atomic mass is 32.1. The van der Waals surface area contributed by atoms with Crippen LogP contribution in [0.4, 0.5) is 15.1 Å². The molecule has 1 N–H and O–H groups in total. The monoisotopic (exact) mass is 414 g/mol. The lowest BCUT2D eigenvalue weighted by molar-refractivity contribution is -0.385. The fourth-order valence-corrected chi connectivity index (χ4v) is 3.95. The summed E-state index contributed by atoms with van der Waals surface area (Å²) < 4.78 is 18.2. The van der Waals surface area contributed by atoms with Crippen molar-refractivity contribution < 1.29 is 23.6 Å². The molecule has 0 aliphatic rings. The summed E-state index contributed by atoms with van der Waals surface area (Å²) in [5.41, 5.74) is 0.694. The number of nitro groups is 1. The molecule has 1 aromatic heterocycles. The number of para-hydroxylation sites is 1. The maximum Gasteiger partial charge on any atom is 0.341 e. The summed E-state index contributed by atoms with van der Waals surface area (Å²) in [6, 6.07) is 11.1. The summed E-state index contributed by atoms with van der Waals surface area (Å²) in [5, 5.41) is 14.0. The Labute approximate surface area is 168 Å². The van der Waals surface area contributed by atoms with Crippen LogP contribution in [0.15, 0.2) is 48.5 Å². The van der Waals surface area contributed by atoms with Crippen molar-refractivity contribution in [1.82, 2.24) is 0 Å². The minimum atomic E-state index is -0.727. The number of esters is 1. The van der Waals surface area contributed by atoms with Crippen molar-refractivity contribution in [3.63, 3.8) is 0 Å². The molecular formula is C20H15FN2O5S. The quantitative estimate of drug-likeness (QED) is 0.367. The number of rotatable bonds is 5. The average molecular weight is 414 g/mol. The van der Waals surface area contributed by atoms with Gasteiger partial charge in [0, 0.05) is 16.5 Å². The zero-order valence-corrected chi connectivity index (χ0v) is 16.2. The predicted octanol–water partition coefficient (Wildman–Crippen LogP) is 4.81. The van der Waals surface area contributed by atoms with Gasteiger partial charge in [-0.05, 0) is 30.7 Å². The fraction of sp³-hybridized carbons (Fsp3) is 0.100. The Hall–Kier alpha value is -3.59. The number of hydrogen-bond acceptors (Lipinski definition) is 6. The zero-order valence-electron chi connectivity index (χ0n) is 15.4. The molecule has 1 amide bonds. The minimum absolute atomic E-state index is 0.105. The Morgan fingerprint density at radius 1 is 1.14 bits per heavy atom. The van der Waals surface area contributed by atoms with Crippen LogP contribution in [0.5, 0.6) is 0 Å². The molecular weight excluding hydrogens is 399 g/mol. The molecule has 7 nitrogen and oxygen atoms in total. The Morgan fingerprint density at radius 3 is 2.41 bits per heavy atom. The normalized spacial score (nSPS) is 10.4. The van der Waals surface area contributed by atoms with E-state index in [0.29, 0.717) is 16.0 Å². The van der Waals surface area contributed by atoms with Gasteiger partial charge in [-0.25, -0.2) is 9.18 Å². The van der Waals surface area contributed by atoms with Gasteiger partial charge in [-0.15, -0.1) is 11.3 Å². The van der Waals surface area contributed by atoms with Gasteiger partial charge in [0.25, 0.3) is 11.6 Å². The van der Waals surface area contributed by atoms with E-state index in [1.165, 1.54) is 55.6 Å². The summed E-state index contributed by atoms with van der Waals surface area (Å²) in [5.74, 6) is -1.84. The van der Waals surface area contributed by atoms with Crippen molar-refractivity contribution in [3.8, 4) is 11.1 Å². The highest BCUT2D eigenvalue weighted by Gasteiger charge is 2.27. The van der Waals surface area contributed by atoms with Gasteiger partial charge < -0.3 is 10.1 Å². The van der Waals surface area contributed by atoms with Crippen LogP contribution in [0.3, 0.4) is 0 Å². The molecule has 0 saturated heterocycles. The second kappa shape index (κ2) is 8.19. The molecule has 9 heteroatoms. The Morgan fingerprint density at radius 2 is 1.79 bits per heavy atom. The zero-order chi connectivity index (χ0) is 21.1. The van der Waals surface area contributed by atoms with Crippen molar-refractivity contribution in [2.24, 2.45) is 0 Å². The van der Waals surface area contributed by atoms with E-state index in [1.807, 2.05) is 0 Å². The van der Waals surface area contributed by atoms with E-state index in [9.17, 15) is 24.1 Å². The summed E-state index contributed by atoms with van der Waals surface area (Å²) in [6.07, 6.45) is 0. The third kappa shape index (κ3) is 3.99. The van der Waals surface area contributed by atoms with Crippen LogP contribution in [0, 0.1) is 22.9 Å². The number of ether oxygens (including phenoxy) is 1. The van der Waals surface area contributed by atoms with E-state index >= 15 is 0 Å². The molecule has 0 unspecified atom stereocenters. The first-order valence-corrected chi connectivity index (χ1v) is 9.17. The number of nitrogens with zero attached hydrogens (tertiary/aromatic N) is 1. The van der Waals surface area contributed by atoms with Crippen LogP contribution in [-0.2, 0) is 4.74 Å². The number of hydrogen-bond donors (Lipinski definition) is 1. The Kier molecular flexibility index (Phi) is 5.69. The first-order valence-electron chi connectivity index (χ1n) is 8.36. The van der Waals surface area contributed by atoms with Gasteiger partial charge in [-0.2, -0.15) is 0 Å². The van der Waals surface area contributed by atoms with Crippen LogP contribution < -0.4 is 5.32 Å². The first-order chi connectivity index (χ1) is 13.8. The number of thiophene rings is 1. The number of carbonyl (C=O) groups is 2. The van der Waals surface area contributed by atoms with Gasteiger partial charge >= 0.3 is 5.97 Å². The molecule has 0 bridgehead atoms. The maximum atomic E-state index is 13.3. The smallest absolute Gasteiger partial charge is 0.341 e. The number of nitrogens with one attached hydrogen (secondary N) is 1. The average Bonchev–Trinajstić information content (AvgIpc) is 3.03. The van der Waals surface area contributed by atoms with Crippen LogP contribution in [-0.4, -0.2) is 23.9 Å². The number of nitro benzene ring substituents is 1. The lowest BCUT2D eigenvalue weighted by Gasteiger charge is -2.08. The van der Waals surface area contributed by atoms with E-state index < -0.39 is 22.6 Å². The second-order valence-corrected chi connectivity index (χ2v) is 7.19. The second-order valence-electron chi connectivity index (χ2n) is 5.96. The minimum Gasteiger partial charge on any atom is -0.465 e. The highest BCUT2D eigenvalue weighted by molar-refractivity contribution is 7.17. The molecule has 0 spiro atoms. The lowest BCUT2D eigenvalue weighted by atomic mass is 10.0. The molecule has 29 heavy (non-hydrogen) atoms. The summed E-state index contributed by atoms with van der Waals surface area (Å²) in [4.78, 5) is 36.4. The summed E-state index contributed by atoms with van der Waals surface area (Å²) in [7, 11) is 1.21. The standard InChI is InChI=1S/C20H15FN2O5S/c1-11-16(12-7-9-13(21)10-8-12)17(20(25)28-2)19(29-11)22-18(24)14-5-3-4-6-15(14)23(26)27/h3-10H,1-2H3,(H,22,24). The van der Waals surface area contributed by atoms with E-state index in [-0.39, 0.29) is 21.8 Å². The van der Waals surface area contributed by atoms with Crippen molar-refractivity contribution in [2.45, 2.75) is 6.92 Å². The molecule has 0 aliphatic carbocycles. The van der Waals surface area contributed by atoms with E-state index in [2.05, 4.69) is 5.32 Å². The number of halogens is 1. The van der Waals surface area contributed by atoms with E-state index in [0.717, 1.165) is 11.3 Å². The Balaban J connectivity index is 2.08. The molecule has 0 atom stereocenters. The van der Waals surface area contributed by atoms with E-state index in [1.54, 1.807) is 6.92 Å². The van der Waals surface area contributed by atoms with Crippen LogP contribution in [0.2, 0.25) is 0 Å². The largest absolute Gasteiger partial charge is 0.465 e. The molecule has 3 aromatic rings. The topological polar surface area (TPSA) is 98.5 Å². The number of benzene rings is 2. The summed E-state index contributed by atoms with van der Waals surface area (Å²) >= 11 is 1.12. The van der Waals surface area contributed by atoms with Gasteiger partial charge in [0.2, 0.25) is 0 Å². The fourth-order valence-electron chi connectivity index (χ4n) is 2.89. The van der Waals surface area contributed by atoms with Gasteiger partial charge in [-0.3, -0.25) is 14.9 Å². The van der Waals surface area contributed by atoms with Crippen LogP contribution >= 0.6 is 11.3 Å². The van der Waals surface area contributed by atoms with Gasteiger partial charge in [0.05, 0.1) is 12.0 Å². The molecule has 0 saturated carbocycles. The number of aryl methyl sites for hydroxylation is 1. The first kappa shape index (κ1) is 20.2. The lowest BCUT2D eigenvalue weighted by Crippen LogP contribution is -2.15. The molecule has 148 valence electrons. The van der Waals surface area contributed by atoms with Gasteiger partial charge in [0.15, 0.2) is 0 Å².